The fourth-order valence-electron chi connectivity index (χ4n) is 2.69. The average molecular weight is 536 g/mol. The summed E-state index contributed by atoms with van der Waals surface area (Å²) >= 11 is 0. The van der Waals surface area contributed by atoms with E-state index < -0.39 is 5.67 Å². The molecular formula is C29H62FN3O4. The van der Waals surface area contributed by atoms with Gasteiger partial charge in [-0.15, -0.1) is 0 Å². The highest BCUT2D eigenvalue weighted by molar-refractivity contribution is 5.79. The Balaban J connectivity index is -0.000000124. The van der Waals surface area contributed by atoms with Crippen LogP contribution < -0.4 is 0 Å². The first-order chi connectivity index (χ1) is 15.7. The molecular weight excluding hydrogens is 473 g/mol. The van der Waals surface area contributed by atoms with Crippen LogP contribution in [0.15, 0.2) is 0 Å². The lowest BCUT2D eigenvalue weighted by Crippen LogP contribution is -2.60. The number of carbonyl (C=O) groups is 4. The highest BCUT2D eigenvalue weighted by Gasteiger charge is 2.41. The molecule has 224 valence electrons. The van der Waals surface area contributed by atoms with Crippen molar-refractivity contribution in [3.63, 3.8) is 0 Å². The van der Waals surface area contributed by atoms with Gasteiger partial charge >= 0.3 is 0 Å². The molecule has 0 bridgehead atoms. The van der Waals surface area contributed by atoms with Crippen molar-refractivity contribution in [2.24, 2.45) is 23.7 Å². The summed E-state index contributed by atoms with van der Waals surface area (Å²) in [6.45, 7) is 24.4. The Kier molecular flexibility index (Phi) is 26.8. The van der Waals surface area contributed by atoms with E-state index in [2.05, 4.69) is 0 Å². The lowest BCUT2D eigenvalue weighted by Gasteiger charge is -2.42. The van der Waals surface area contributed by atoms with Gasteiger partial charge in [-0.05, 0) is 27.7 Å². The maximum Gasteiger partial charge on any atom is 0.225 e. The molecule has 0 unspecified atom stereocenters. The highest BCUT2D eigenvalue weighted by atomic mass is 19.1. The standard InChI is InChI=1S/C8H14FNO.C8H17NO.C6H13NO.C5H10O.2CH4/c1-6(2)7(11)10-4-8(3,9)5-10;1-5-9(6-2)8(10)7(3)4;1-5(2)6(8)7(3)4;1-4(2)5(3)6;;/h6H,4-5H2,1-3H3;7H,5-6H2,1-4H3;5H,1-4H3;4H,1-3H3;2*1H4. The van der Waals surface area contributed by atoms with Crippen LogP contribution >= 0.6 is 0 Å². The van der Waals surface area contributed by atoms with Crippen molar-refractivity contribution in [1.29, 1.82) is 0 Å². The summed E-state index contributed by atoms with van der Waals surface area (Å²) < 4.78 is 12.9. The molecule has 0 aromatic rings. The number of likely N-dealkylation sites (tertiary alicyclic amines) is 1. The molecule has 0 aliphatic carbocycles. The minimum absolute atomic E-state index is 0. The zero-order chi connectivity index (χ0) is 28.7. The molecule has 1 saturated heterocycles. The first kappa shape index (κ1) is 45.0. The van der Waals surface area contributed by atoms with Gasteiger partial charge in [-0.25, -0.2) is 4.39 Å². The Bertz CT molecular complexity index is 623. The maximum absolute atomic E-state index is 12.9. The van der Waals surface area contributed by atoms with Crippen molar-refractivity contribution in [3.8, 4) is 0 Å². The van der Waals surface area contributed by atoms with E-state index in [0.717, 1.165) is 13.1 Å². The molecule has 0 spiro atoms. The number of hydrogen-bond acceptors (Lipinski definition) is 4. The predicted octanol–water partition coefficient (Wildman–Crippen LogP) is 5.96. The Morgan fingerprint density at radius 2 is 1.08 bits per heavy atom. The molecule has 0 aromatic heterocycles. The van der Waals surface area contributed by atoms with E-state index in [1.807, 2.05) is 74.1 Å². The first-order valence-corrected chi connectivity index (χ1v) is 12.7. The molecule has 1 fully saturated rings. The third-order valence-electron chi connectivity index (χ3n) is 5.16. The van der Waals surface area contributed by atoms with Gasteiger partial charge in [0, 0.05) is 50.9 Å². The van der Waals surface area contributed by atoms with Crippen LogP contribution in [-0.4, -0.2) is 84.1 Å². The smallest absolute Gasteiger partial charge is 0.225 e. The predicted molar refractivity (Wildman–Crippen MR) is 156 cm³/mol. The monoisotopic (exact) mass is 535 g/mol. The van der Waals surface area contributed by atoms with E-state index >= 15 is 0 Å². The Morgan fingerprint density at radius 1 is 0.757 bits per heavy atom. The van der Waals surface area contributed by atoms with Gasteiger partial charge in [0.2, 0.25) is 17.7 Å². The normalized spacial score (nSPS) is 12.8. The van der Waals surface area contributed by atoms with Crippen LogP contribution in [0.25, 0.3) is 0 Å². The fourth-order valence-corrected chi connectivity index (χ4v) is 2.69. The zero-order valence-electron chi connectivity index (χ0n) is 25.0. The van der Waals surface area contributed by atoms with Crippen LogP contribution in [0, 0.1) is 23.7 Å². The molecule has 1 aliphatic rings. The van der Waals surface area contributed by atoms with E-state index in [-0.39, 0.29) is 75.1 Å². The number of nitrogens with zero attached hydrogens (tertiary/aromatic N) is 3. The molecule has 0 atom stereocenters. The fraction of sp³-hybridized carbons (Fsp3) is 0.862. The minimum atomic E-state index is -1.13. The van der Waals surface area contributed by atoms with E-state index in [4.69, 9.17) is 0 Å². The van der Waals surface area contributed by atoms with Gasteiger partial charge in [0.25, 0.3) is 0 Å². The SMILES string of the molecule is C.C.CC(=O)C(C)C.CC(C)C(=O)N(C)C.CC(C)C(=O)N1CC(C)(F)C1.CCN(CC)C(=O)C(C)C. The number of alkyl halides is 1. The van der Waals surface area contributed by atoms with Gasteiger partial charge in [0.15, 0.2) is 0 Å². The molecule has 37 heavy (non-hydrogen) atoms. The summed E-state index contributed by atoms with van der Waals surface area (Å²) in [6, 6.07) is 0. The van der Waals surface area contributed by atoms with Gasteiger partial charge in [-0.2, -0.15) is 0 Å². The van der Waals surface area contributed by atoms with Crippen LogP contribution in [0.1, 0.15) is 97.9 Å². The summed E-state index contributed by atoms with van der Waals surface area (Å²) in [5.41, 5.74) is -1.13. The summed E-state index contributed by atoms with van der Waals surface area (Å²) in [4.78, 5) is 48.3. The Morgan fingerprint density at radius 3 is 1.19 bits per heavy atom. The van der Waals surface area contributed by atoms with Gasteiger partial charge < -0.3 is 14.7 Å². The van der Waals surface area contributed by atoms with Crippen molar-refractivity contribution < 1.29 is 23.6 Å². The van der Waals surface area contributed by atoms with Crippen LogP contribution in [0.3, 0.4) is 0 Å². The first-order valence-electron chi connectivity index (χ1n) is 12.7. The lowest BCUT2D eigenvalue weighted by atomic mass is 9.97. The summed E-state index contributed by atoms with van der Waals surface area (Å²) in [7, 11) is 3.53. The molecule has 3 amide bonds. The third-order valence-corrected chi connectivity index (χ3v) is 5.16. The van der Waals surface area contributed by atoms with E-state index in [9.17, 15) is 23.6 Å². The molecule has 8 heteroatoms. The molecule has 1 heterocycles. The second-order valence-electron chi connectivity index (χ2n) is 10.6. The molecule has 0 aromatic carbocycles. The third kappa shape index (κ3) is 21.8. The quantitative estimate of drug-likeness (QED) is 0.421. The molecule has 0 N–H and O–H groups in total. The lowest BCUT2D eigenvalue weighted by molar-refractivity contribution is -0.147. The summed E-state index contributed by atoms with van der Waals surface area (Å²) in [6.07, 6.45) is 0. The zero-order valence-corrected chi connectivity index (χ0v) is 25.0. The Hall–Kier alpha value is -1.99. The number of Topliss-reactive ketones (excluding diaryl/α,β-unsaturated/α-hetero) is 1. The van der Waals surface area contributed by atoms with Crippen molar-refractivity contribution in [2.45, 2.75) is 104 Å². The van der Waals surface area contributed by atoms with Crippen molar-refractivity contribution in [3.05, 3.63) is 0 Å². The van der Waals surface area contributed by atoms with Crippen molar-refractivity contribution in [1.82, 2.24) is 14.7 Å². The van der Waals surface area contributed by atoms with Gasteiger partial charge in [-0.1, -0.05) is 70.2 Å². The Labute approximate surface area is 229 Å². The van der Waals surface area contributed by atoms with Gasteiger partial charge in [0.1, 0.15) is 11.5 Å². The average Bonchev–Trinajstić information content (AvgIpc) is 2.72. The largest absolute Gasteiger partial charge is 0.349 e. The van der Waals surface area contributed by atoms with Crippen LogP contribution in [-0.2, 0) is 19.2 Å². The highest BCUT2D eigenvalue weighted by Crippen LogP contribution is 2.25. The summed E-state index contributed by atoms with van der Waals surface area (Å²) in [5, 5.41) is 0. The van der Waals surface area contributed by atoms with Crippen LogP contribution in [0.4, 0.5) is 4.39 Å². The molecule has 1 aliphatic heterocycles. The summed E-state index contributed by atoms with van der Waals surface area (Å²) in [5.74, 6) is 1.23. The number of amides is 3. The van der Waals surface area contributed by atoms with E-state index in [0.29, 0.717) is 0 Å². The van der Waals surface area contributed by atoms with E-state index in [1.54, 1.807) is 30.8 Å². The minimum Gasteiger partial charge on any atom is -0.349 e. The van der Waals surface area contributed by atoms with Gasteiger partial charge in [0.05, 0.1) is 13.1 Å². The molecule has 1 rings (SSSR count). The number of halogens is 1. The van der Waals surface area contributed by atoms with Gasteiger partial charge in [-0.3, -0.25) is 19.2 Å². The number of hydrogen-bond donors (Lipinski definition) is 0. The van der Waals surface area contributed by atoms with Crippen LogP contribution in [0.5, 0.6) is 0 Å². The second kappa shape index (κ2) is 22.0. The molecule has 0 radical (unpaired) electrons. The van der Waals surface area contributed by atoms with E-state index in [1.165, 1.54) is 6.92 Å². The number of carbonyl (C=O) groups excluding carboxylic acids is 4. The van der Waals surface area contributed by atoms with Crippen molar-refractivity contribution in [2.75, 3.05) is 40.3 Å². The number of ketones is 1. The van der Waals surface area contributed by atoms with Crippen LogP contribution in [0.2, 0.25) is 0 Å². The van der Waals surface area contributed by atoms with Crippen molar-refractivity contribution >= 4 is 23.5 Å². The molecule has 7 nitrogen and oxygen atoms in total. The second-order valence-corrected chi connectivity index (χ2v) is 10.6. The molecule has 0 saturated carbocycles. The maximum atomic E-state index is 12.9. The topological polar surface area (TPSA) is 78.0 Å². The number of rotatable bonds is 6.